The van der Waals surface area contributed by atoms with Gasteiger partial charge in [0.05, 0.1) is 0 Å². The number of benzene rings is 1. The van der Waals surface area contributed by atoms with Crippen LogP contribution in [0.4, 0.5) is 5.69 Å². The van der Waals surface area contributed by atoms with Gasteiger partial charge in [0, 0.05) is 56.4 Å². The maximum Gasteiger partial charge on any atom is 0.276 e. The third kappa shape index (κ3) is 2.53. The summed E-state index contributed by atoms with van der Waals surface area (Å²) in [4.78, 5) is 12.5. The summed E-state index contributed by atoms with van der Waals surface area (Å²) in [7, 11) is 0. The number of fused-ring (bicyclic) bond motifs is 2. The predicted molar refractivity (Wildman–Crippen MR) is 83.7 cm³/mol. The van der Waals surface area contributed by atoms with Crippen LogP contribution in [0.15, 0.2) is 18.2 Å². The largest absolute Gasteiger partial charge is 0.449 e. The zero-order chi connectivity index (χ0) is 16.0. The SMILES string of the molecule is CC1(C)Oc2ccc(NC(=O)c3n[nH]c4c3CNCC4)cc2O1. The number of rotatable bonds is 2. The maximum atomic E-state index is 12.5. The summed E-state index contributed by atoms with van der Waals surface area (Å²) >= 11 is 0. The Morgan fingerprint density at radius 3 is 3.00 bits per heavy atom. The van der Waals surface area contributed by atoms with Crippen LogP contribution in [0.1, 0.15) is 35.6 Å². The molecule has 7 heteroatoms. The van der Waals surface area contributed by atoms with Crippen LogP contribution in [0.3, 0.4) is 0 Å². The van der Waals surface area contributed by atoms with Gasteiger partial charge in [0.15, 0.2) is 17.2 Å². The molecule has 23 heavy (non-hydrogen) atoms. The summed E-state index contributed by atoms with van der Waals surface area (Å²) in [6.45, 7) is 5.24. The lowest BCUT2D eigenvalue weighted by atomic mass is 10.1. The first-order valence-corrected chi connectivity index (χ1v) is 7.62. The van der Waals surface area contributed by atoms with Crippen LogP contribution in [0.25, 0.3) is 0 Å². The number of carbonyl (C=O) groups excluding carboxylic acids is 1. The highest BCUT2D eigenvalue weighted by atomic mass is 16.7. The number of amides is 1. The van der Waals surface area contributed by atoms with Gasteiger partial charge in [0.2, 0.25) is 5.79 Å². The number of hydrogen-bond donors (Lipinski definition) is 3. The second-order valence-electron chi connectivity index (χ2n) is 6.18. The monoisotopic (exact) mass is 314 g/mol. The number of ether oxygens (including phenoxy) is 2. The second kappa shape index (κ2) is 4.99. The molecule has 0 saturated carbocycles. The number of hydrogen-bond acceptors (Lipinski definition) is 5. The van der Waals surface area contributed by atoms with E-state index in [9.17, 15) is 4.79 Å². The Labute approximate surface area is 133 Å². The number of carbonyl (C=O) groups is 1. The predicted octanol–water partition coefficient (Wildman–Crippen LogP) is 1.81. The van der Waals surface area contributed by atoms with E-state index < -0.39 is 5.79 Å². The van der Waals surface area contributed by atoms with Crippen LogP contribution in [0.5, 0.6) is 11.5 Å². The van der Waals surface area contributed by atoms with Crippen molar-refractivity contribution >= 4 is 11.6 Å². The molecule has 0 radical (unpaired) electrons. The topological polar surface area (TPSA) is 88.3 Å². The van der Waals surface area contributed by atoms with Gasteiger partial charge in [-0.05, 0) is 12.1 Å². The molecule has 1 aromatic carbocycles. The summed E-state index contributed by atoms with van der Waals surface area (Å²) < 4.78 is 11.3. The van der Waals surface area contributed by atoms with E-state index in [2.05, 4.69) is 20.8 Å². The highest BCUT2D eigenvalue weighted by Crippen LogP contribution is 2.40. The highest BCUT2D eigenvalue weighted by Gasteiger charge is 2.32. The van der Waals surface area contributed by atoms with Crippen molar-refractivity contribution in [1.82, 2.24) is 15.5 Å². The number of aromatic amines is 1. The van der Waals surface area contributed by atoms with Crippen LogP contribution < -0.4 is 20.1 Å². The normalized spacial score (nSPS) is 17.7. The summed E-state index contributed by atoms with van der Waals surface area (Å²) in [5, 5.41) is 13.2. The van der Waals surface area contributed by atoms with Crippen molar-refractivity contribution < 1.29 is 14.3 Å². The smallest absolute Gasteiger partial charge is 0.276 e. The fourth-order valence-electron chi connectivity index (χ4n) is 2.90. The average Bonchev–Trinajstić information content (AvgIpc) is 3.05. The summed E-state index contributed by atoms with van der Waals surface area (Å²) in [6.07, 6.45) is 0.856. The molecule has 0 bridgehead atoms. The molecule has 1 amide bonds. The molecule has 120 valence electrons. The van der Waals surface area contributed by atoms with Gasteiger partial charge >= 0.3 is 0 Å². The Morgan fingerprint density at radius 2 is 2.13 bits per heavy atom. The molecule has 7 nitrogen and oxygen atoms in total. The molecule has 0 atom stereocenters. The Hall–Kier alpha value is -2.54. The van der Waals surface area contributed by atoms with Crippen molar-refractivity contribution in [1.29, 1.82) is 0 Å². The summed E-state index contributed by atoms with van der Waals surface area (Å²) in [6, 6.07) is 5.35. The van der Waals surface area contributed by atoms with Crippen LogP contribution in [0.2, 0.25) is 0 Å². The van der Waals surface area contributed by atoms with E-state index in [0.29, 0.717) is 29.4 Å². The van der Waals surface area contributed by atoms with Gasteiger partial charge in [0.1, 0.15) is 0 Å². The van der Waals surface area contributed by atoms with Crippen molar-refractivity contribution in [2.24, 2.45) is 0 Å². The molecule has 2 aliphatic heterocycles. The van der Waals surface area contributed by atoms with E-state index in [1.807, 2.05) is 13.8 Å². The first kappa shape index (κ1) is 14.1. The molecule has 0 saturated heterocycles. The average molecular weight is 314 g/mol. The van der Waals surface area contributed by atoms with Gasteiger partial charge in [-0.3, -0.25) is 9.89 Å². The fourth-order valence-corrected chi connectivity index (χ4v) is 2.90. The standard InChI is InChI=1S/C16H18N4O3/c1-16(2)22-12-4-3-9(7-13(12)23-16)18-15(21)14-10-8-17-6-5-11(10)19-20-14/h3-4,7,17H,5-6,8H2,1-2H3,(H,18,21)(H,19,20). The van der Waals surface area contributed by atoms with Crippen LogP contribution in [-0.2, 0) is 13.0 Å². The molecule has 0 unspecified atom stereocenters. The zero-order valence-corrected chi connectivity index (χ0v) is 13.0. The molecule has 4 rings (SSSR count). The Kier molecular flexibility index (Phi) is 3.05. The summed E-state index contributed by atoms with van der Waals surface area (Å²) in [5.41, 5.74) is 3.05. The highest BCUT2D eigenvalue weighted by molar-refractivity contribution is 6.04. The van der Waals surface area contributed by atoms with Crippen molar-refractivity contribution in [3.05, 3.63) is 35.2 Å². The van der Waals surface area contributed by atoms with Crippen LogP contribution in [0, 0.1) is 0 Å². The minimum Gasteiger partial charge on any atom is -0.449 e. The number of nitrogens with one attached hydrogen (secondary N) is 3. The van der Waals surface area contributed by atoms with Gasteiger partial charge < -0.3 is 20.1 Å². The minimum atomic E-state index is -0.683. The van der Waals surface area contributed by atoms with Gasteiger partial charge in [-0.1, -0.05) is 0 Å². The molecule has 3 heterocycles. The number of H-pyrrole nitrogens is 1. The van der Waals surface area contributed by atoms with Gasteiger partial charge in [-0.25, -0.2) is 0 Å². The third-order valence-electron chi connectivity index (χ3n) is 3.93. The van der Waals surface area contributed by atoms with E-state index in [1.54, 1.807) is 18.2 Å². The third-order valence-corrected chi connectivity index (χ3v) is 3.93. The fraction of sp³-hybridized carbons (Fsp3) is 0.375. The van der Waals surface area contributed by atoms with Crippen molar-refractivity contribution in [2.75, 3.05) is 11.9 Å². The maximum absolute atomic E-state index is 12.5. The zero-order valence-electron chi connectivity index (χ0n) is 13.0. The lowest BCUT2D eigenvalue weighted by molar-refractivity contribution is -0.0431. The molecule has 0 spiro atoms. The molecular formula is C16H18N4O3. The van der Waals surface area contributed by atoms with Crippen molar-refractivity contribution in [3.8, 4) is 11.5 Å². The van der Waals surface area contributed by atoms with Crippen LogP contribution >= 0.6 is 0 Å². The van der Waals surface area contributed by atoms with Gasteiger partial charge in [-0.15, -0.1) is 0 Å². The first-order chi connectivity index (χ1) is 11.0. The lowest BCUT2D eigenvalue weighted by Crippen LogP contribution is -2.29. The van der Waals surface area contributed by atoms with E-state index in [0.717, 1.165) is 24.2 Å². The molecule has 0 aliphatic carbocycles. The number of anilines is 1. The van der Waals surface area contributed by atoms with Gasteiger partial charge in [-0.2, -0.15) is 5.10 Å². The Bertz CT molecular complexity index is 782. The molecular weight excluding hydrogens is 296 g/mol. The molecule has 2 aliphatic rings. The molecule has 3 N–H and O–H groups in total. The Morgan fingerprint density at radius 1 is 1.30 bits per heavy atom. The molecule has 2 aromatic rings. The van der Waals surface area contributed by atoms with Crippen molar-refractivity contribution in [3.63, 3.8) is 0 Å². The quantitative estimate of drug-likeness (QED) is 0.787. The second-order valence-corrected chi connectivity index (χ2v) is 6.18. The molecule has 0 fully saturated rings. The number of aromatic nitrogens is 2. The van der Waals surface area contributed by atoms with Crippen LogP contribution in [-0.4, -0.2) is 28.4 Å². The van der Waals surface area contributed by atoms with E-state index in [1.165, 1.54) is 0 Å². The van der Waals surface area contributed by atoms with Gasteiger partial charge in [0.25, 0.3) is 5.91 Å². The molecule has 1 aromatic heterocycles. The number of nitrogens with zero attached hydrogens (tertiary/aromatic N) is 1. The lowest BCUT2D eigenvalue weighted by Gasteiger charge is -2.16. The van der Waals surface area contributed by atoms with E-state index in [-0.39, 0.29) is 5.91 Å². The first-order valence-electron chi connectivity index (χ1n) is 7.62. The van der Waals surface area contributed by atoms with Crippen molar-refractivity contribution in [2.45, 2.75) is 32.6 Å². The summed E-state index contributed by atoms with van der Waals surface area (Å²) in [5.74, 6) is 0.384. The Balaban J connectivity index is 1.55. The van der Waals surface area contributed by atoms with E-state index in [4.69, 9.17) is 9.47 Å². The van der Waals surface area contributed by atoms with E-state index >= 15 is 0 Å². The minimum absolute atomic E-state index is 0.232.